The lowest BCUT2D eigenvalue weighted by molar-refractivity contribution is 0.888. The smallest absolute Gasteiger partial charge is 0.239 e. The van der Waals surface area contributed by atoms with E-state index in [1.165, 1.54) is 0 Å². The Morgan fingerprint density at radius 1 is 1.78 bits per heavy atom. The van der Waals surface area contributed by atoms with Crippen LogP contribution in [0.25, 0.3) is 0 Å². The van der Waals surface area contributed by atoms with Gasteiger partial charge in [0.1, 0.15) is 5.82 Å². The van der Waals surface area contributed by atoms with Crippen LogP contribution in [0.15, 0.2) is 0 Å². The minimum atomic E-state index is 0.289. The van der Waals surface area contributed by atoms with E-state index in [2.05, 4.69) is 18.7 Å². The molecule has 0 saturated heterocycles. The maximum atomic E-state index is 5.23. The van der Waals surface area contributed by atoms with Gasteiger partial charge < -0.3 is 5.73 Å². The molecule has 1 rings (SSSR count). The Morgan fingerprint density at radius 2 is 2.56 bits per heavy atom. The highest BCUT2D eigenvalue weighted by Gasteiger charge is 1.95. The van der Waals surface area contributed by atoms with Gasteiger partial charge in [-0.05, 0) is 0 Å². The molecule has 0 amide bonds. The third-order valence-electron chi connectivity index (χ3n) is 0.783. The average molecular weight is 239 g/mol. The normalized spacial score (nSPS) is 9.89. The topological polar surface area (TPSA) is 79.6 Å². The standard InChI is InChI=1S/C3H6IN5/c4-6-1-2-7-3(5)9-8-2/h6H,1H2,(H3,5,7,8,9). The van der Waals surface area contributed by atoms with Crippen molar-refractivity contribution in [3.05, 3.63) is 5.82 Å². The summed E-state index contributed by atoms with van der Waals surface area (Å²) in [6.45, 7) is 0.658. The van der Waals surface area contributed by atoms with E-state index in [9.17, 15) is 0 Å². The quantitative estimate of drug-likeness (QED) is 0.494. The van der Waals surface area contributed by atoms with Gasteiger partial charge in [0.25, 0.3) is 0 Å². The van der Waals surface area contributed by atoms with Crippen LogP contribution >= 0.6 is 22.9 Å². The number of halogens is 1. The first-order valence-electron chi connectivity index (χ1n) is 2.33. The number of H-pyrrole nitrogens is 1. The number of hydrogen-bond acceptors (Lipinski definition) is 4. The maximum Gasteiger partial charge on any atom is 0.239 e. The number of rotatable bonds is 2. The summed E-state index contributed by atoms with van der Waals surface area (Å²) in [5.74, 6) is 1.04. The van der Waals surface area contributed by atoms with E-state index in [0.717, 1.165) is 5.82 Å². The van der Waals surface area contributed by atoms with Gasteiger partial charge in [0.05, 0.1) is 6.54 Å². The monoisotopic (exact) mass is 239 g/mol. The average Bonchev–Trinajstić information content (AvgIpc) is 2.17. The van der Waals surface area contributed by atoms with E-state index in [-0.39, 0.29) is 5.95 Å². The molecule has 0 aromatic carbocycles. The number of anilines is 1. The molecule has 5 nitrogen and oxygen atoms in total. The second kappa shape index (κ2) is 2.97. The Balaban J connectivity index is 2.61. The van der Waals surface area contributed by atoms with Crippen LogP contribution in [0.4, 0.5) is 5.95 Å². The third kappa shape index (κ3) is 1.79. The first kappa shape index (κ1) is 6.75. The van der Waals surface area contributed by atoms with E-state index in [0.29, 0.717) is 6.54 Å². The minimum absolute atomic E-state index is 0.289. The zero-order valence-electron chi connectivity index (χ0n) is 4.56. The molecule has 0 aliphatic carbocycles. The van der Waals surface area contributed by atoms with Crippen molar-refractivity contribution < 1.29 is 0 Å². The number of nitrogens with zero attached hydrogens (tertiary/aromatic N) is 2. The number of nitrogen functional groups attached to an aromatic ring is 1. The summed E-state index contributed by atoms with van der Waals surface area (Å²) in [5, 5.41) is 6.29. The van der Waals surface area contributed by atoms with Crippen molar-refractivity contribution in [3.63, 3.8) is 0 Å². The second-order valence-electron chi connectivity index (χ2n) is 1.45. The molecule has 0 radical (unpaired) electrons. The molecule has 0 saturated carbocycles. The molecule has 1 aromatic heterocycles. The maximum absolute atomic E-state index is 5.23. The lowest BCUT2D eigenvalue weighted by Crippen LogP contribution is -1.99. The minimum Gasteiger partial charge on any atom is -0.367 e. The summed E-state index contributed by atoms with van der Waals surface area (Å²) in [6, 6.07) is 0. The molecule has 9 heavy (non-hydrogen) atoms. The van der Waals surface area contributed by atoms with Crippen molar-refractivity contribution in [1.82, 2.24) is 18.7 Å². The van der Waals surface area contributed by atoms with Crippen LogP contribution in [0.3, 0.4) is 0 Å². The first-order chi connectivity index (χ1) is 4.33. The van der Waals surface area contributed by atoms with E-state index < -0.39 is 0 Å². The molecular weight excluding hydrogens is 233 g/mol. The highest BCUT2D eigenvalue weighted by molar-refractivity contribution is 14.1. The van der Waals surface area contributed by atoms with Crippen LogP contribution in [0, 0.1) is 0 Å². The number of aromatic nitrogens is 3. The van der Waals surface area contributed by atoms with E-state index in [1.54, 1.807) is 0 Å². The van der Waals surface area contributed by atoms with Gasteiger partial charge in [0, 0.05) is 22.9 Å². The van der Waals surface area contributed by atoms with Gasteiger partial charge >= 0.3 is 0 Å². The zero-order chi connectivity index (χ0) is 6.69. The van der Waals surface area contributed by atoms with Gasteiger partial charge in [-0.3, -0.25) is 8.63 Å². The molecule has 0 spiro atoms. The number of aromatic amines is 1. The predicted molar refractivity (Wildman–Crippen MR) is 41.7 cm³/mol. The fourth-order valence-electron chi connectivity index (χ4n) is 0.452. The van der Waals surface area contributed by atoms with Crippen LogP contribution in [0.1, 0.15) is 5.82 Å². The summed E-state index contributed by atoms with van der Waals surface area (Å²) in [5.41, 5.74) is 5.23. The van der Waals surface area contributed by atoms with Gasteiger partial charge in [0.15, 0.2) is 0 Å². The Hall–Kier alpha value is -0.370. The van der Waals surface area contributed by atoms with Crippen molar-refractivity contribution in [2.45, 2.75) is 6.54 Å². The number of hydrogen-bond donors (Lipinski definition) is 3. The summed E-state index contributed by atoms with van der Waals surface area (Å²) in [6.07, 6.45) is 0. The molecule has 1 heterocycles. The van der Waals surface area contributed by atoms with Gasteiger partial charge in [0.2, 0.25) is 5.95 Å². The predicted octanol–water partition coefficient (Wildman–Crippen LogP) is -0.174. The lowest BCUT2D eigenvalue weighted by Gasteiger charge is -1.86. The van der Waals surface area contributed by atoms with Gasteiger partial charge in [-0.2, -0.15) is 4.98 Å². The molecule has 0 bridgehead atoms. The van der Waals surface area contributed by atoms with Crippen molar-refractivity contribution in [3.8, 4) is 0 Å². The molecule has 50 valence electrons. The van der Waals surface area contributed by atoms with Crippen molar-refractivity contribution in [2.75, 3.05) is 5.73 Å². The molecule has 0 unspecified atom stereocenters. The van der Waals surface area contributed by atoms with Crippen LogP contribution in [0.2, 0.25) is 0 Å². The Labute approximate surface area is 65.9 Å². The van der Waals surface area contributed by atoms with Crippen molar-refractivity contribution in [1.29, 1.82) is 0 Å². The molecule has 4 N–H and O–H groups in total. The summed E-state index contributed by atoms with van der Waals surface area (Å²) in [7, 11) is 0. The molecule has 0 aliphatic rings. The highest BCUT2D eigenvalue weighted by Crippen LogP contribution is 1.91. The largest absolute Gasteiger partial charge is 0.367 e. The first-order valence-corrected chi connectivity index (χ1v) is 3.41. The molecule has 0 fully saturated rings. The highest BCUT2D eigenvalue weighted by atomic mass is 127. The molecule has 6 heteroatoms. The Morgan fingerprint density at radius 3 is 3.00 bits per heavy atom. The fourth-order valence-corrected chi connectivity index (χ4v) is 0.814. The summed E-state index contributed by atoms with van der Waals surface area (Å²) < 4.78 is 2.88. The van der Waals surface area contributed by atoms with Crippen LogP contribution < -0.4 is 9.26 Å². The Bertz CT molecular complexity index is 184. The molecular formula is C3H6IN5. The van der Waals surface area contributed by atoms with Crippen LogP contribution in [-0.4, -0.2) is 15.2 Å². The van der Waals surface area contributed by atoms with E-state index in [4.69, 9.17) is 5.73 Å². The number of nitrogens with two attached hydrogens (primary N) is 1. The van der Waals surface area contributed by atoms with Gasteiger partial charge in [-0.15, -0.1) is 5.10 Å². The summed E-state index contributed by atoms with van der Waals surface area (Å²) >= 11 is 2.02. The van der Waals surface area contributed by atoms with Crippen molar-refractivity contribution in [2.24, 2.45) is 0 Å². The molecule has 0 atom stereocenters. The lowest BCUT2D eigenvalue weighted by atomic mass is 10.6. The summed E-state index contributed by atoms with van der Waals surface area (Å²) in [4.78, 5) is 3.84. The zero-order valence-corrected chi connectivity index (χ0v) is 6.71. The SMILES string of the molecule is Nc1n[nH]c(CNI)n1. The van der Waals surface area contributed by atoms with Crippen LogP contribution in [0.5, 0.6) is 0 Å². The Kier molecular flexibility index (Phi) is 2.22. The van der Waals surface area contributed by atoms with E-state index >= 15 is 0 Å². The molecule has 1 aromatic rings. The van der Waals surface area contributed by atoms with Gasteiger partial charge in [-0.1, -0.05) is 0 Å². The molecule has 0 aliphatic heterocycles. The van der Waals surface area contributed by atoms with Crippen LogP contribution in [-0.2, 0) is 6.54 Å². The van der Waals surface area contributed by atoms with Crippen molar-refractivity contribution >= 4 is 28.8 Å². The van der Waals surface area contributed by atoms with Gasteiger partial charge in [-0.25, -0.2) is 0 Å². The fraction of sp³-hybridized carbons (Fsp3) is 0.333. The van der Waals surface area contributed by atoms with E-state index in [1.807, 2.05) is 22.9 Å². The second-order valence-corrected chi connectivity index (χ2v) is 2.21. The third-order valence-corrected chi connectivity index (χ3v) is 1.16. The number of nitrogens with one attached hydrogen (secondary N) is 2.